The van der Waals surface area contributed by atoms with Gasteiger partial charge < -0.3 is 13.5 Å². The van der Waals surface area contributed by atoms with Crippen LogP contribution in [0.3, 0.4) is 0 Å². The second kappa shape index (κ2) is 7.12. The van der Waals surface area contributed by atoms with Gasteiger partial charge in [0.05, 0.1) is 9.79 Å². The van der Waals surface area contributed by atoms with E-state index in [0.717, 1.165) is 24.3 Å². The fraction of sp³-hybridized carbons (Fsp3) is 0. The number of hydrogen-bond acceptors (Lipinski definition) is 7. The molecular weight excluding hydrogens is 366 g/mol. The molecule has 0 unspecified atom stereocenters. The number of furan rings is 1. The van der Waals surface area contributed by atoms with Crippen molar-refractivity contribution in [2.75, 3.05) is 0 Å². The molecule has 0 aliphatic carbocycles. The van der Waals surface area contributed by atoms with Crippen LogP contribution < -0.4 is 59.1 Å². The van der Waals surface area contributed by atoms with Crippen LogP contribution in [0.25, 0.3) is 21.9 Å². The average molecular weight is 372 g/mol. The molecule has 0 N–H and O–H groups in total. The van der Waals surface area contributed by atoms with Crippen LogP contribution in [0, 0.1) is 0 Å². The molecule has 3 rings (SSSR count). The van der Waals surface area contributed by atoms with Gasteiger partial charge in [0.2, 0.25) is 0 Å². The Kier molecular flexibility index (Phi) is 6.54. The van der Waals surface area contributed by atoms with Crippen LogP contribution in [-0.4, -0.2) is 25.9 Å². The maximum Gasteiger partial charge on any atom is 1.00 e. The zero-order valence-electron chi connectivity index (χ0n) is 12.1. The Morgan fingerprint density at radius 1 is 0.696 bits per heavy atom. The molecule has 1 heterocycles. The van der Waals surface area contributed by atoms with Crippen LogP contribution in [0.2, 0.25) is 0 Å². The van der Waals surface area contributed by atoms with Crippen LogP contribution in [0.15, 0.2) is 50.6 Å². The number of benzene rings is 2. The molecule has 7 nitrogen and oxygen atoms in total. The Balaban J connectivity index is 0.00000132. The van der Waals surface area contributed by atoms with Gasteiger partial charge in [0.15, 0.2) is 0 Å². The monoisotopic (exact) mass is 372 g/mol. The first-order valence-electron chi connectivity index (χ1n) is 5.54. The second-order valence-corrected chi connectivity index (χ2v) is 7.09. The van der Waals surface area contributed by atoms with E-state index in [1.54, 1.807) is 0 Å². The summed E-state index contributed by atoms with van der Waals surface area (Å²) in [5.41, 5.74) is 0.552. The van der Waals surface area contributed by atoms with Gasteiger partial charge in [0, 0.05) is 10.8 Å². The first kappa shape index (κ1) is 21.1. The minimum Gasteiger partial charge on any atom is -0.744 e. The second-order valence-electron chi connectivity index (χ2n) is 4.33. The van der Waals surface area contributed by atoms with Crippen molar-refractivity contribution < 1.29 is 89.5 Å². The molecule has 0 saturated heterocycles. The van der Waals surface area contributed by atoms with Gasteiger partial charge in [-0.2, -0.15) is 0 Å². The van der Waals surface area contributed by atoms with Crippen molar-refractivity contribution >= 4 is 42.2 Å². The predicted molar refractivity (Wildman–Crippen MR) is 69.6 cm³/mol. The third-order valence-corrected chi connectivity index (χ3v) is 4.65. The average Bonchev–Trinajstić information content (AvgIpc) is 2.73. The Bertz CT molecular complexity index is 999. The summed E-state index contributed by atoms with van der Waals surface area (Å²) in [4.78, 5) is -0.929. The van der Waals surface area contributed by atoms with Crippen molar-refractivity contribution in [3.05, 3.63) is 36.4 Å². The normalized spacial score (nSPS) is 11.9. The molecule has 3 aromatic rings. The van der Waals surface area contributed by atoms with E-state index in [1.807, 2.05) is 0 Å². The third-order valence-electron chi connectivity index (χ3n) is 2.99. The van der Waals surface area contributed by atoms with Crippen molar-refractivity contribution in [1.82, 2.24) is 0 Å². The third kappa shape index (κ3) is 4.18. The van der Waals surface area contributed by atoms with E-state index in [4.69, 9.17) is 4.42 Å². The SMILES string of the molecule is O=S(=O)([O-])c1ccc2oc3ccc(S(=O)(=O)[O-])cc3c2c1.[Na+].[Na+]. The first-order chi connectivity index (χ1) is 9.66. The summed E-state index contributed by atoms with van der Waals surface area (Å²) in [5, 5.41) is 0.486. The Morgan fingerprint density at radius 3 is 1.35 bits per heavy atom. The molecule has 1 aromatic heterocycles. The molecule has 0 amide bonds. The van der Waals surface area contributed by atoms with E-state index in [9.17, 15) is 25.9 Å². The van der Waals surface area contributed by atoms with Gasteiger partial charge in [-0.15, -0.1) is 0 Å². The smallest absolute Gasteiger partial charge is 0.744 e. The topological polar surface area (TPSA) is 128 Å². The van der Waals surface area contributed by atoms with Crippen molar-refractivity contribution in [3.8, 4) is 0 Å². The summed E-state index contributed by atoms with van der Waals surface area (Å²) in [6, 6.07) is 6.96. The molecule has 0 saturated carbocycles. The molecule has 2 aromatic carbocycles. The van der Waals surface area contributed by atoms with Crippen LogP contribution in [-0.2, 0) is 20.2 Å². The molecule has 0 aliphatic heterocycles. The maximum atomic E-state index is 11.0. The number of fused-ring (bicyclic) bond motifs is 3. The van der Waals surface area contributed by atoms with E-state index in [0.29, 0.717) is 0 Å². The molecule has 0 atom stereocenters. The summed E-state index contributed by atoms with van der Waals surface area (Å²) in [6.45, 7) is 0. The summed E-state index contributed by atoms with van der Waals surface area (Å²) >= 11 is 0. The molecule has 0 aliphatic rings. The number of hydrogen-bond donors (Lipinski definition) is 0. The van der Waals surface area contributed by atoms with E-state index in [1.165, 1.54) is 12.1 Å². The van der Waals surface area contributed by atoms with E-state index < -0.39 is 30.0 Å². The summed E-state index contributed by atoms with van der Waals surface area (Å²) in [7, 11) is -9.30. The quantitative estimate of drug-likeness (QED) is 0.327. The molecular formula is C12H6Na2O7S2. The fourth-order valence-corrected chi connectivity index (χ4v) is 3.04. The standard InChI is InChI=1S/C12H8O7S2.2Na/c13-20(14,15)7-1-3-11-9(5-7)10-6-8(21(16,17)18)2-4-12(10)19-11;;/h1-6H,(H,13,14,15)(H,16,17,18);;/q;2*+1/p-2. The van der Waals surface area contributed by atoms with Gasteiger partial charge in [0.1, 0.15) is 31.4 Å². The van der Waals surface area contributed by atoms with Gasteiger partial charge in [-0.05, 0) is 36.4 Å². The molecule has 0 bridgehead atoms. The van der Waals surface area contributed by atoms with Crippen LogP contribution in [0.4, 0.5) is 0 Å². The summed E-state index contributed by atoms with van der Waals surface area (Å²) in [5.74, 6) is 0. The Morgan fingerprint density at radius 2 is 1.04 bits per heavy atom. The number of rotatable bonds is 2. The predicted octanol–water partition coefficient (Wildman–Crippen LogP) is -4.60. The van der Waals surface area contributed by atoms with Crippen LogP contribution in [0.5, 0.6) is 0 Å². The van der Waals surface area contributed by atoms with Gasteiger partial charge in [-0.1, -0.05) is 0 Å². The molecule has 0 radical (unpaired) electrons. The van der Waals surface area contributed by atoms with E-state index in [2.05, 4.69) is 0 Å². The molecule has 110 valence electrons. The van der Waals surface area contributed by atoms with Crippen molar-refractivity contribution in [2.24, 2.45) is 0 Å². The fourth-order valence-electron chi connectivity index (χ4n) is 2.05. The van der Waals surface area contributed by atoms with Gasteiger partial charge in [-0.25, -0.2) is 16.8 Å². The molecule has 0 spiro atoms. The maximum absolute atomic E-state index is 11.0. The first-order valence-corrected chi connectivity index (χ1v) is 8.36. The summed E-state index contributed by atoms with van der Waals surface area (Å²) < 4.78 is 71.6. The summed E-state index contributed by atoms with van der Waals surface area (Å²) in [6.07, 6.45) is 0. The van der Waals surface area contributed by atoms with E-state index >= 15 is 0 Å². The van der Waals surface area contributed by atoms with Crippen molar-refractivity contribution in [1.29, 1.82) is 0 Å². The molecule has 11 heteroatoms. The van der Waals surface area contributed by atoms with Gasteiger partial charge in [0.25, 0.3) is 0 Å². The minimum atomic E-state index is -4.65. The zero-order chi connectivity index (χ0) is 15.4. The largest absolute Gasteiger partial charge is 1.00 e. The van der Waals surface area contributed by atoms with Crippen molar-refractivity contribution in [3.63, 3.8) is 0 Å². The van der Waals surface area contributed by atoms with Gasteiger partial charge >= 0.3 is 59.1 Å². The molecule has 0 fully saturated rings. The minimum absolute atomic E-state index is 0. The zero-order valence-corrected chi connectivity index (χ0v) is 17.8. The van der Waals surface area contributed by atoms with Gasteiger partial charge in [-0.3, -0.25) is 0 Å². The van der Waals surface area contributed by atoms with Crippen LogP contribution >= 0.6 is 0 Å². The Labute approximate surface area is 176 Å². The molecule has 23 heavy (non-hydrogen) atoms. The Hall–Kier alpha value is 0.0600. The van der Waals surface area contributed by atoms with E-state index in [-0.39, 0.29) is 81.1 Å². The van der Waals surface area contributed by atoms with Crippen molar-refractivity contribution in [2.45, 2.75) is 9.79 Å². The van der Waals surface area contributed by atoms with Crippen LogP contribution in [0.1, 0.15) is 0 Å².